The van der Waals surface area contributed by atoms with Gasteiger partial charge in [-0.2, -0.15) is 0 Å². The highest BCUT2D eigenvalue weighted by atomic mass is 16.3. The second-order valence-corrected chi connectivity index (χ2v) is 5.79. The van der Waals surface area contributed by atoms with Gasteiger partial charge in [-0.1, -0.05) is 31.2 Å². The van der Waals surface area contributed by atoms with Crippen LogP contribution in [0, 0.1) is 0 Å². The molecular weight excluding hydrogens is 252 g/mol. The minimum absolute atomic E-state index is 0.0182. The minimum atomic E-state index is -0.920. The Kier molecular flexibility index (Phi) is 4.45. The molecule has 1 aliphatic carbocycles. The summed E-state index contributed by atoms with van der Waals surface area (Å²) in [7, 11) is 3.79. The van der Waals surface area contributed by atoms with E-state index in [1.54, 1.807) is 0 Å². The predicted octanol–water partition coefficient (Wildman–Crippen LogP) is 1.28. The fourth-order valence-corrected chi connectivity index (χ4v) is 2.99. The predicted molar refractivity (Wildman–Crippen MR) is 79.4 cm³/mol. The van der Waals surface area contributed by atoms with E-state index in [0.717, 1.165) is 18.4 Å². The summed E-state index contributed by atoms with van der Waals surface area (Å²) in [5, 5.41) is 13.7. The molecular formula is C16H24N2O2. The van der Waals surface area contributed by atoms with Crippen LogP contribution in [0.25, 0.3) is 0 Å². The number of aliphatic hydroxyl groups is 1. The molecule has 1 aromatic carbocycles. The smallest absolute Gasteiger partial charge is 0.237 e. The molecule has 1 aliphatic rings. The summed E-state index contributed by atoms with van der Waals surface area (Å²) >= 11 is 0. The molecule has 0 spiro atoms. The summed E-state index contributed by atoms with van der Waals surface area (Å²) in [4.78, 5) is 14.1. The van der Waals surface area contributed by atoms with E-state index in [-0.39, 0.29) is 18.5 Å². The zero-order valence-electron chi connectivity index (χ0n) is 12.5. The largest absolute Gasteiger partial charge is 0.383 e. The summed E-state index contributed by atoms with van der Waals surface area (Å²) in [6.45, 7) is 2.27. The van der Waals surface area contributed by atoms with Crippen LogP contribution < -0.4 is 5.32 Å². The molecule has 2 rings (SSSR count). The fraction of sp³-hybridized carbons (Fsp3) is 0.562. The van der Waals surface area contributed by atoms with E-state index in [4.69, 9.17) is 0 Å². The highest BCUT2D eigenvalue weighted by molar-refractivity contribution is 5.81. The van der Waals surface area contributed by atoms with Crippen molar-refractivity contribution in [1.29, 1.82) is 0 Å². The molecule has 0 fully saturated rings. The summed E-state index contributed by atoms with van der Waals surface area (Å²) < 4.78 is 0. The number of fused-ring (bicyclic) bond motifs is 1. The number of nitrogens with one attached hydrogen (secondary N) is 1. The Labute approximate surface area is 120 Å². The molecule has 4 nitrogen and oxygen atoms in total. The van der Waals surface area contributed by atoms with Crippen LogP contribution in [-0.4, -0.2) is 42.6 Å². The maximum atomic E-state index is 12.2. The van der Waals surface area contributed by atoms with Gasteiger partial charge in [-0.3, -0.25) is 9.69 Å². The van der Waals surface area contributed by atoms with Crippen molar-refractivity contribution in [2.24, 2.45) is 0 Å². The molecule has 0 saturated heterocycles. The van der Waals surface area contributed by atoms with Gasteiger partial charge in [0.2, 0.25) is 5.91 Å². The normalized spacial score (nSPS) is 22.6. The monoisotopic (exact) mass is 276 g/mol. The summed E-state index contributed by atoms with van der Waals surface area (Å²) in [6.07, 6.45) is 2.30. The third kappa shape index (κ3) is 2.86. The van der Waals surface area contributed by atoms with E-state index in [9.17, 15) is 9.90 Å². The van der Waals surface area contributed by atoms with Gasteiger partial charge < -0.3 is 10.4 Å². The molecule has 20 heavy (non-hydrogen) atoms. The standard InChI is InChI=1S/C16H24N2O2/c1-4-14(18(2)3)15(19)17-11-16(20)10-9-12-7-5-6-8-13(12)16/h5-8,14,20H,4,9-11H2,1-3H3,(H,17,19). The van der Waals surface area contributed by atoms with E-state index in [1.807, 2.05) is 50.2 Å². The third-order valence-electron chi connectivity index (χ3n) is 4.19. The number of hydrogen-bond acceptors (Lipinski definition) is 3. The lowest BCUT2D eigenvalue weighted by molar-refractivity contribution is -0.127. The molecule has 110 valence electrons. The Bertz CT molecular complexity index is 487. The first-order chi connectivity index (χ1) is 9.48. The first kappa shape index (κ1) is 15.0. The van der Waals surface area contributed by atoms with Gasteiger partial charge in [0.15, 0.2) is 0 Å². The highest BCUT2D eigenvalue weighted by Crippen LogP contribution is 2.36. The van der Waals surface area contributed by atoms with Crippen molar-refractivity contribution in [3.63, 3.8) is 0 Å². The van der Waals surface area contributed by atoms with E-state index in [0.29, 0.717) is 6.42 Å². The van der Waals surface area contributed by atoms with Crippen molar-refractivity contribution in [2.45, 2.75) is 37.8 Å². The van der Waals surface area contributed by atoms with Crippen LogP contribution in [0.1, 0.15) is 30.9 Å². The zero-order chi connectivity index (χ0) is 14.8. The summed E-state index contributed by atoms with van der Waals surface area (Å²) in [5.41, 5.74) is 1.22. The topological polar surface area (TPSA) is 52.6 Å². The van der Waals surface area contributed by atoms with Gasteiger partial charge in [0.25, 0.3) is 0 Å². The molecule has 0 saturated carbocycles. The Morgan fingerprint density at radius 1 is 1.45 bits per heavy atom. The van der Waals surface area contributed by atoms with Crippen LogP contribution in [0.4, 0.5) is 0 Å². The van der Waals surface area contributed by atoms with Crippen molar-refractivity contribution in [1.82, 2.24) is 10.2 Å². The molecule has 4 heteroatoms. The average molecular weight is 276 g/mol. The lowest BCUT2D eigenvalue weighted by atomic mass is 9.96. The van der Waals surface area contributed by atoms with Crippen molar-refractivity contribution >= 4 is 5.91 Å². The number of carbonyl (C=O) groups excluding carboxylic acids is 1. The zero-order valence-corrected chi connectivity index (χ0v) is 12.5. The Hall–Kier alpha value is -1.39. The molecule has 0 aliphatic heterocycles. The second-order valence-electron chi connectivity index (χ2n) is 5.79. The van der Waals surface area contributed by atoms with E-state index < -0.39 is 5.60 Å². The van der Waals surface area contributed by atoms with Gasteiger partial charge in [0.05, 0.1) is 12.6 Å². The van der Waals surface area contributed by atoms with Crippen molar-refractivity contribution in [3.05, 3.63) is 35.4 Å². The minimum Gasteiger partial charge on any atom is -0.383 e. The first-order valence-corrected chi connectivity index (χ1v) is 7.23. The summed E-state index contributed by atoms with van der Waals surface area (Å²) in [6, 6.07) is 7.78. The van der Waals surface area contributed by atoms with Gasteiger partial charge in [0.1, 0.15) is 5.60 Å². The molecule has 0 heterocycles. The molecule has 1 amide bonds. The molecule has 0 aromatic heterocycles. The molecule has 0 radical (unpaired) electrons. The number of amides is 1. The number of carbonyl (C=O) groups is 1. The number of likely N-dealkylation sites (N-methyl/N-ethyl adjacent to an activating group) is 1. The third-order valence-corrected chi connectivity index (χ3v) is 4.19. The van der Waals surface area contributed by atoms with Gasteiger partial charge in [-0.25, -0.2) is 0 Å². The lowest BCUT2D eigenvalue weighted by Gasteiger charge is -2.27. The number of aryl methyl sites for hydroxylation is 1. The van der Waals surface area contributed by atoms with Gasteiger partial charge in [0, 0.05) is 0 Å². The quantitative estimate of drug-likeness (QED) is 0.852. The Balaban J connectivity index is 2.03. The molecule has 0 bridgehead atoms. The lowest BCUT2D eigenvalue weighted by Crippen LogP contribution is -2.47. The Morgan fingerprint density at radius 2 is 2.15 bits per heavy atom. The fourth-order valence-electron chi connectivity index (χ4n) is 2.99. The molecule has 1 aromatic rings. The maximum absolute atomic E-state index is 12.2. The Morgan fingerprint density at radius 3 is 2.80 bits per heavy atom. The average Bonchev–Trinajstić information content (AvgIpc) is 2.76. The van der Waals surface area contributed by atoms with Crippen molar-refractivity contribution in [2.75, 3.05) is 20.6 Å². The van der Waals surface area contributed by atoms with E-state index in [1.165, 1.54) is 5.56 Å². The van der Waals surface area contributed by atoms with Crippen LogP contribution in [0.15, 0.2) is 24.3 Å². The SMILES string of the molecule is CCC(C(=O)NCC1(O)CCc2ccccc21)N(C)C. The second kappa shape index (κ2) is 5.94. The maximum Gasteiger partial charge on any atom is 0.237 e. The van der Waals surface area contributed by atoms with Crippen molar-refractivity contribution in [3.8, 4) is 0 Å². The number of hydrogen-bond donors (Lipinski definition) is 2. The van der Waals surface area contributed by atoms with Crippen molar-refractivity contribution < 1.29 is 9.90 Å². The van der Waals surface area contributed by atoms with Crippen LogP contribution in [0.2, 0.25) is 0 Å². The number of benzene rings is 1. The summed E-state index contributed by atoms with van der Waals surface area (Å²) in [5.74, 6) is -0.0182. The highest BCUT2D eigenvalue weighted by Gasteiger charge is 2.37. The van der Waals surface area contributed by atoms with Gasteiger partial charge in [-0.05, 0) is 44.5 Å². The molecule has 2 atom stereocenters. The van der Waals surface area contributed by atoms with Gasteiger partial charge in [-0.15, -0.1) is 0 Å². The van der Waals surface area contributed by atoms with Crippen LogP contribution in [-0.2, 0) is 16.8 Å². The van der Waals surface area contributed by atoms with Crippen LogP contribution in [0.5, 0.6) is 0 Å². The first-order valence-electron chi connectivity index (χ1n) is 7.23. The number of nitrogens with zero attached hydrogens (tertiary/aromatic N) is 1. The van der Waals surface area contributed by atoms with Crippen LogP contribution >= 0.6 is 0 Å². The van der Waals surface area contributed by atoms with Gasteiger partial charge >= 0.3 is 0 Å². The molecule has 2 N–H and O–H groups in total. The number of rotatable bonds is 5. The van der Waals surface area contributed by atoms with E-state index >= 15 is 0 Å². The molecule has 2 unspecified atom stereocenters. The van der Waals surface area contributed by atoms with E-state index in [2.05, 4.69) is 5.32 Å². The van der Waals surface area contributed by atoms with Crippen LogP contribution in [0.3, 0.4) is 0 Å².